The van der Waals surface area contributed by atoms with Crippen LogP contribution in [-0.4, -0.2) is 50.1 Å². The molecule has 31 heavy (non-hydrogen) atoms. The molecule has 7 nitrogen and oxygen atoms in total. The summed E-state index contributed by atoms with van der Waals surface area (Å²) in [6.45, 7) is 3.92. The van der Waals surface area contributed by atoms with Crippen molar-refractivity contribution in [3.05, 3.63) is 54.1 Å². The van der Waals surface area contributed by atoms with Gasteiger partial charge in [-0.25, -0.2) is 0 Å². The first kappa shape index (κ1) is 22.6. The summed E-state index contributed by atoms with van der Waals surface area (Å²) < 4.78 is 11.0. The normalized spacial score (nSPS) is 16.1. The van der Waals surface area contributed by atoms with Gasteiger partial charge >= 0.3 is 0 Å². The van der Waals surface area contributed by atoms with Gasteiger partial charge in [-0.2, -0.15) is 0 Å². The summed E-state index contributed by atoms with van der Waals surface area (Å²) in [5.41, 5.74) is 7.18. The lowest BCUT2D eigenvalue weighted by atomic mass is 10.0. The van der Waals surface area contributed by atoms with Crippen LogP contribution in [0, 0.1) is 0 Å². The largest absolute Gasteiger partial charge is 0.495 e. The van der Waals surface area contributed by atoms with E-state index in [1.54, 1.807) is 18.1 Å². The van der Waals surface area contributed by atoms with Gasteiger partial charge < -0.3 is 20.1 Å². The van der Waals surface area contributed by atoms with Crippen LogP contribution in [0.25, 0.3) is 0 Å². The van der Waals surface area contributed by atoms with E-state index < -0.39 is 5.91 Å². The number of carbonyl (C=O) groups excluding carboxylic acids is 2. The zero-order valence-electron chi connectivity index (χ0n) is 18.3. The van der Waals surface area contributed by atoms with E-state index in [4.69, 9.17) is 15.2 Å². The number of benzene rings is 2. The summed E-state index contributed by atoms with van der Waals surface area (Å²) in [5.74, 6) is 0.912. The molecule has 1 heterocycles. The lowest BCUT2D eigenvalue weighted by molar-refractivity contribution is -0.120. The average molecular weight is 426 g/mol. The van der Waals surface area contributed by atoms with Crippen molar-refractivity contribution >= 4 is 17.5 Å². The number of hydrogen-bond donors (Lipinski definition) is 1. The molecule has 0 aromatic heterocycles. The lowest BCUT2D eigenvalue weighted by Gasteiger charge is -2.29. The Bertz CT molecular complexity index is 885. The highest BCUT2D eigenvalue weighted by Gasteiger charge is 2.30. The molecule has 1 aliphatic rings. The van der Waals surface area contributed by atoms with Crippen molar-refractivity contribution < 1.29 is 19.1 Å². The molecule has 2 aromatic carbocycles. The molecule has 1 atom stereocenters. The fraction of sp³-hybridized carbons (Fsp3) is 0.417. The molecule has 0 saturated carbocycles. The Hall–Kier alpha value is -3.06. The van der Waals surface area contributed by atoms with E-state index in [-0.39, 0.29) is 31.5 Å². The van der Waals surface area contributed by atoms with E-state index >= 15 is 0 Å². The molecule has 7 heteroatoms. The highest BCUT2D eigenvalue weighted by molar-refractivity contribution is 5.96. The van der Waals surface area contributed by atoms with Gasteiger partial charge in [0.15, 0.2) is 0 Å². The Morgan fingerprint density at radius 2 is 1.90 bits per heavy atom. The molecule has 0 unspecified atom stereocenters. The van der Waals surface area contributed by atoms with Crippen LogP contribution < -0.4 is 20.1 Å². The quantitative estimate of drug-likeness (QED) is 0.632. The van der Waals surface area contributed by atoms with Crippen molar-refractivity contribution in [2.24, 2.45) is 5.73 Å². The average Bonchev–Trinajstić information content (AvgIpc) is 3.23. The van der Waals surface area contributed by atoms with Crippen LogP contribution in [0.1, 0.15) is 37.8 Å². The first-order valence-corrected chi connectivity index (χ1v) is 10.7. The highest BCUT2D eigenvalue weighted by atomic mass is 16.5. The second kappa shape index (κ2) is 10.8. The number of rotatable bonds is 10. The molecule has 0 aliphatic carbocycles. The van der Waals surface area contributed by atoms with Gasteiger partial charge in [-0.3, -0.25) is 14.5 Å². The molecule has 3 rings (SSSR count). The summed E-state index contributed by atoms with van der Waals surface area (Å²) in [7, 11) is 1.57. The van der Waals surface area contributed by atoms with Crippen LogP contribution in [0.4, 0.5) is 5.69 Å². The second-order valence-electron chi connectivity index (χ2n) is 7.56. The third-order valence-corrected chi connectivity index (χ3v) is 5.54. The lowest BCUT2D eigenvalue weighted by Crippen LogP contribution is -2.41. The van der Waals surface area contributed by atoms with Crippen LogP contribution in [0.5, 0.6) is 11.5 Å². The van der Waals surface area contributed by atoms with Gasteiger partial charge in [0.25, 0.3) is 0 Å². The second-order valence-corrected chi connectivity index (χ2v) is 7.56. The molecular weight excluding hydrogens is 394 g/mol. The minimum atomic E-state index is -0.443. The SMILES string of the molecule is CCOc1ccc([C@H]2CCCN2CC(=O)N(CCC(N)=O)c2ccccc2OC)cc1. The fourth-order valence-corrected chi connectivity index (χ4v) is 4.06. The van der Waals surface area contributed by atoms with Gasteiger partial charge in [0.2, 0.25) is 11.8 Å². The van der Waals surface area contributed by atoms with E-state index in [0.717, 1.165) is 25.1 Å². The van der Waals surface area contributed by atoms with Crippen molar-refractivity contribution in [1.29, 1.82) is 0 Å². The van der Waals surface area contributed by atoms with Crippen LogP contribution in [0.2, 0.25) is 0 Å². The van der Waals surface area contributed by atoms with Gasteiger partial charge in [-0.05, 0) is 56.1 Å². The molecule has 1 fully saturated rings. The van der Waals surface area contributed by atoms with Crippen molar-refractivity contribution in [3.8, 4) is 11.5 Å². The number of primary amides is 1. The maximum Gasteiger partial charge on any atom is 0.241 e. The first-order valence-electron chi connectivity index (χ1n) is 10.7. The van der Waals surface area contributed by atoms with Gasteiger partial charge in [0.1, 0.15) is 11.5 Å². The summed E-state index contributed by atoms with van der Waals surface area (Å²) in [6.07, 6.45) is 2.12. The molecule has 0 bridgehead atoms. The molecule has 166 valence electrons. The molecule has 2 N–H and O–H groups in total. The molecular formula is C24H31N3O4. The Morgan fingerprint density at radius 3 is 2.58 bits per heavy atom. The number of anilines is 1. The van der Waals surface area contributed by atoms with Crippen molar-refractivity contribution in [2.45, 2.75) is 32.2 Å². The number of carbonyl (C=O) groups is 2. The highest BCUT2D eigenvalue weighted by Crippen LogP contribution is 2.34. The molecule has 2 aromatic rings. The summed E-state index contributed by atoms with van der Waals surface area (Å²) >= 11 is 0. The Labute approximate surface area is 183 Å². The standard InChI is InChI=1S/C24H31N3O4/c1-3-31-19-12-10-18(11-13-19)20-8-6-15-26(20)17-24(29)27(16-14-23(25)28)21-7-4-5-9-22(21)30-2/h4-5,7,9-13,20H,3,6,8,14-17H2,1-2H3,(H2,25,28)/t20-/m1/s1. The van der Waals surface area contributed by atoms with Crippen molar-refractivity contribution in [1.82, 2.24) is 4.90 Å². The van der Waals surface area contributed by atoms with Crippen LogP contribution >= 0.6 is 0 Å². The topological polar surface area (TPSA) is 85.1 Å². The number of nitrogens with two attached hydrogens (primary N) is 1. The predicted molar refractivity (Wildman–Crippen MR) is 120 cm³/mol. The van der Waals surface area contributed by atoms with Gasteiger partial charge in [-0.1, -0.05) is 24.3 Å². The van der Waals surface area contributed by atoms with Crippen LogP contribution in [0.15, 0.2) is 48.5 Å². The number of para-hydroxylation sites is 2. The van der Waals surface area contributed by atoms with Gasteiger partial charge in [0, 0.05) is 19.0 Å². The van der Waals surface area contributed by atoms with Gasteiger partial charge in [0.05, 0.1) is 25.9 Å². The van der Waals surface area contributed by atoms with E-state index in [1.807, 2.05) is 37.3 Å². The van der Waals surface area contributed by atoms with E-state index in [9.17, 15) is 9.59 Å². The van der Waals surface area contributed by atoms with Crippen LogP contribution in [-0.2, 0) is 9.59 Å². The third kappa shape index (κ3) is 5.76. The third-order valence-electron chi connectivity index (χ3n) is 5.54. The maximum atomic E-state index is 13.4. The van der Waals surface area contributed by atoms with Crippen molar-refractivity contribution in [3.63, 3.8) is 0 Å². The summed E-state index contributed by atoms with van der Waals surface area (Å²) in [5, 5.41) is 0. The summed E-state index contributed by atoms with van der Waals surface area (Å²) in [6, 6.07) is 15.6. The van der Waals surface area contributed by atoms with Crippen molar-refractivity contribution in [2.75, 3.05) is 38.3 Å². The van der Waals surface area contributed by atoms with E-state index in [0.29, 0.717) is 18.0 Å². The zero-order valence-corrected chi connectivity index (χ0v) is 18.3. The Kier molecular flexibility index (Phi) is 7.89. The van der Waals surface area contributed by atoms with Crippen LogP contribution in [0.3, 0.4) is 0 Å². The van der Waals surface area contributed by atoms with E-state index in [1.165, 1.54) is 5.56 Å². The number of amides is 2. The molecule has 2 amide bonds. The monoisotopic (exact) mass is 425 g/mol. The Balaban J connectivity index is 1.77. The molecule has 1 aliphatic heterocycles. The maximum absolute atomic E-state index is 13.4. The number of nitrogens with zero attached hydrogens (tertiary/aromatic N) is 2. The molecule has 0 spiro atoms. The Morgan fingerprint density at radius 1 is 1.16 bits per heavy atom. The fourth-order valence-electron chi connectivity index (χ4n) is 4.06. The molecule has 1 saturated heterocycles. The summed E-state index contributed by atoms with van der Waals surface area (Å²) in [4.78, 5) is 28.6. The predicted octanol–water partition coefficient (Wildman–Crippen LogP) is 3.14. The minimum absolute atomic E-state index is 0.0800. The number of hydrogen-bond acceptors (Lipinski definition) is 5. The number of ether oxygens (including phenoxy) is 2. The van der Waals surface area contributed by atoms with Gasteiger partial charge in [-0.15, -0.1) is 0 Å². The zero-order chi connectivity index (χ0) is 22.2. The van der Waals surface area contributed by atoms with E-state index in [2.05, 4.69) is 17.0 Å². The number of methoxy groups -OCH3 is 1. The molecule has 0 radical (unpaired) electrons. The first-order chi connectivity index (χ1) is 15.0. The number of likely N-dealkylation sites (tertiary alicyclic amines) is 1. The smallest absolute Gasteiger partial charge is 0.241 e. The minimum Gasteiger partial charge on any atom is -0.495 e.